The SMILES string of the molecule is CCCCCCC(=O)OCCCCCCOC(=O)CC(CC(=O)OCCCCCCOC(=O)CCCCCC)(OC(=O)CCCCN1CCCC1)C(=O)OCCCCCCOC(=O)CCCCCC. The average molecular weight is 982 g/mol. The zero-order chi connectivity index (χ0) is 50.5. The minimum absolute atomic E-state index is 0.0153. The average Bonchev–Trinajstić information content (AvgIpc) is 3.85. The second kappa shape index (κ2) is 44.2. The quantitative estimate of drug-likeness (QED) is 0.0318. The van der Waals surface area contributed by atoms with Crippen molar-refractivity contribution in [1.82, 2.24) is 4.90 Å². The monoisotopic (exact) mass is 982 g/mol. The smallest absolute Gasteiger partial charge is 0.351 e. The van der Waals surface area contributed by atoms with Crippen molar-refractivity contribution in [3.05, 3.63) is 0 Å². The van der Waals surface area contributed by atoms with Crippen molar-refractivity contribution in [2.75, 3.05) is 59.3 Å². The van der Waals surface area contributed by atoms with Gasteiger partial charge in [-0.1, -0.05) is 78.6 Å². The van der Waals surface area contributed by atoms with Crippen molar-refractivity contribution >= 4 is 41.8 Å². The van der Waals surface area contributed by atoms with Crippen LogP contribution in [0.5, 0.6) is 0 Å². The topological polar surface area (TPSA) is 187 Å². The Kier molecular flexibility index (Phi) is 40.5. The highest BCUT2D eigenvalue weighted by molar-refractivity contribution is 5.92. The molecule has 0 aromatic rings. The number of carbonyl (C=O) groups is 7. The molecule has 0 spiro atoms. The molecule has 15 nitrogen and oxygen atoms in total. The number of esters is 7. The van der Waals surface area contributed by atoms with Crippen LogP contribution in [0, 0.1) is 0 Å². The summed E-state index contributed by atoms with van der Waals surface area (Å²) in [5, 5.41) is 0. The van der Waals surface area contributed by atoms with E-state index in [4.69, 9.17) is 33.2 Å². The molecule has 0 bridgehead atoms. The van der Waals surface area contributed by atoms with E-state index >= 15 is 0 Å². The molecule has 1 aliphatic rings. The van der Waals surface area contributed by atoms with Gasteiger partial charge < -0.3 is 38.1 Å². The maximum Gasteiger partial charge on any atom is 0.351 e. The van der Waals surface area contributed by atoms with E-state index in [1.165, 1.54) is 0 Å². The number of rotatable bonds is 47. The van der Waals surface area contributed by atoms with E-state index in [9.17, 15) is 33.6 Å². The molecule has 1 saturated heterocycles. The molecule has 0 aliphatic carbocycles. The summed E-state index contributed by atoms with van der Waals surface area (Å²) >= 11 is 0. The molecule has 400 valence electrons. The fourth-order valence-corrected chi connectivity index (χ4v) is 7.97. The molecule has 15 heteroatoms. The summed E-state index contributed by atoms with van der Waals surface area (Å²) in [6.45, 7) is 10.3. The Balaban J connectivity index is 2.88. The Labute approximate surface area is 416 Å². The molecular weight excluding hydrogens is 887 g/mol. The van der Waals surface area contributed by atoms with E-state index < -0.39 is 42.3 Å². The maximum absolute atomic E-state index is 14.1. The lowest BCUT2D eigenvalue weighted by molar-refractivity contribution is -0.191. The highest BCUT2D eigenvalue weighted by Gasteiger charge is 2.49. The van der Waals surface area contributed by atoms with Gasteiger partial charge in [-0.2, -0.15) is 0 Å². The number of likely N-dealkylation sites (tertiary alicyclic amines) is 1. The van der Waals surface area contributed by atoms with E-state index in [0.29, 0.717) is 103 Å². The van der Waals surface area contributed by atoms with E-state index in [-0.39, 0.29) is 44.1 Å². The standard InChI is InChI=1S/C54H95NO14/c1-4-7-10-19-32-47(56)63-39-26-13-15-29-42-66-51(60)45-54(69-50(59)35-22-23-36-55-37-24-25-38-55,53(62)68-44-31-18-17-28-41-65-49(58)34-21-12-9-6-3)46-52(61)67-43-30-16-14-27-40-64-48(57)33-20-11-8-5-2/h4-46H2,1-3H3. The second-order valence-electron chi connectivity index (χ2n) is 18.7. The summed E-state index contributed by atoms with van der Waals surface area (Å²) in [6.07, 6.45) is 23.3. The largest absolute Gasteiger partial charge is 0.466 e. The number of carbonyl (C=O) groups excluding carboxylic acids is 7. The van der Waals surface area contributed by atoms with Crippen molar-refractivity contribution in [2.45, 2.75) is 245 Å². The fourth-order valence-electron chi connectivity index (χ4n) is 7.97. The molecule has 1 fully saturated rings. The molecule has 0 aromatic carbocycles. The van der Waals surface area contributed by atoms with Gasteiger partial charge in [0.1, 0.15) is 0 Å². The number of nitrogens with zero attached hydrogens (tertiary/aromatic N) is 1. The molecule has 0 saturated carbocycles. The third kappa shape index (κ3) is 36.8. The van der Waals surface area contributed by atoms with Crippen LogP contribution in [0.25, 0.3) is 0 Å². The van der Waals surface area contributed by atoms with Gasteiger partial charge in [-0.25, -0.2) is 4.79 Å². The van der Waals surface area contributed by atoms with Crippen LogP contribution < -0.4 is 0 Å². The van der Waals surface area contributed by atoms with Crippen molar-refractivity contribution in [3.8, 4) is 0 Å². The Morgan fingerprint density at radius 3 is 1.01 bits per heavy atom. The van der Waals surface area contributed by atoms with Crippen LogP contribution in [0.1, 0.15) is 239 Å². The van der Waals surface area contributed by atoms with Crippen LogP contribution in [-0.2, 0) is 66.7 Å². The lowest BCUT2D eigenvalue weighted by atomic mass is 9.94. The van der Waals surface area contributed by atoms with Gasteiger partial charge in [-0.05, 0) is 142 Å². The van der Waals surface area contributed by atoms with Gasteiger partial charge >= 0.3 is 41.8 Å². The van der Waals surface area contributed by atoms with Gasteiger partial charge in [0.05, 0.1) is 52.5 Å². The van der Waals surface area contributed by atoms with Gasteiger partial charge in [0, 0.05) is 25.7 Å². The highest BCUT2D eigenvalue weighted by atomic mass is 16.6. The first-order valence-corrected chi connectivity index (χ1v) is 27.4. The highest BCUT2D eigenvalue weighted by Crippen LogP contribution is 2.27. The fraction of sp³-hybridized carbons (Fsp3) is 0.870. The first kappa shape index (κ1) is 63.3. The van der Waals surface area contributed by atoms with E-state index in [0.717, 1.165) is 135 Å². The molecule has 1 rings (SSSR count). The van der Waals surface area contributed by atoms with E-state index in [1.807, 2.05) is 0 Å². The molecule has 0 amide bonds. The van der Waals surface area contributed by atoms with Crippen LogP contribution >= 0.6 is 0 Å². The van der Waals surface area contributed by atoms with Crippen LogP contribution in [0.15, 0.2) is 0 Å². The maximum atomic E-state index is 14.1. The first-order chi connectivity index (χ1) is 33.5. The third-order valence-electron chi connectivity index (χ3n) is 12.2. The van der Waals surface area contributed by atoms with Crippen molar-refractivity contribution in [1.29, 1.82) is 0 Å². The zero-order valence-electron chi connectivity index (χ0n) is 43.6. The third-order valence-corrected chi connectivity index (χ3v) is 12.2. The Morgan fingerprint density at radius 1 is 0.348 bits per heavy atom. The number of ether oxygens (including phenoxy) is 7. The summed E-state index contributed by atoms with van der Waals surface area (Å²) in [7, 11) is 0. The van der Waals surface area contributed by atoms with Gasteiger partial charge in [0.15, 0.2) is 0 Å². The minimum atomic E-state index is -2.30. The molecule has 69 heavy (non-hydrogen) atoms. The van der Waals surface area contributed by atoms with Crippen molar-refractivity contribution in [2.24, 2.45) is 0 Å². The molecule has 0 N–H and O–H groups in total. The molecule has 0 radical (unpaired) electrons. The number of hydrogen-bond acceptors (Lipinski definition) is 15. The van der Waals surface area contributed by atoms with Gasteiger partial charge in [0.25, 0.3) is 0 Å². The number of unbranched alkanes of at least 4 members (excludes halogenated alkanes) is 19. The summed E-state index contributed by atoms with van der Waals surface area (Å²) in [4.78, 5) is 92.9. The van der Waals surface area contributed by atoms with Crippen LogP contribution in [0.2, 0.25) is 0 Å². The summed E-state index contributed by atoms with van der Waals surface area (Å²) in [5.41, 5.74) is -2.30. The Hall–Kier alpha value is -3.75. The van der Waals surface area contributed by atoms with E-state index in [1.54, 1.807) is 0 Å². The minimum Gasteiger partial charge on any atom is -0.466 e. The molecule has 0 aromatic heterocycles. The van der Waals surface area contributed by atoms with Crippen LogP contribution in [0.4, 0.5) is 0 Å². The van der Waals surface area contributed by atoms with Gasteiger partial charge in [0.2, 0.25) is 5.60 Å². The summed E-state index contributed by atoms with van der Waals surface area (Å²) in [5.74, 6) is -3.94. The summed E-state index contributed by atoms with van der Waals surface area (Å²) < 4.78 is 38.7. The predicted molar refractivity (Wildman–Crippen MR) is 265 cm³/mol. The molecule has 0 unspecified atom stereocenters. The lowest BCUT2D eigenvalue weighted by Crippen LogP contribution is -2.48. The van der Waals surface area contributed by atoms with Crippen LogP contribution in [0.3, 0.4) is 0 Å². The Bertz CT molecular complexity index is 1310. The lowest BCUT2D eigenvalue weighted by Gasteiger charge is -2.30. The van der Waals surface area contributed by atoms with E-state index in [2.05, 4.69) is 25.7 Å². The summed E-state index contributed by atoms with van der Waals surface area (Å²) in [6, 6.07) is 0. The predicted octanol–water partition coefficient (Wildman–Crippen LogP) is 11.2. The zero-order valence-corrected chi connectivity index (χ0v) is 43.6. The molecule has 1 aliphatic heterocycles. The molecular formula is C54H95NO14. The molecule has 1 heterocycles. The van der Waals surface area contributed by atoms with Gasteiger partial charge in [-0.15, -0.1) is 0 Å². The molecule has 0 atom stereocenters. The second-order valence-corrected chi connectivity index (χ2v) is 18.7. The number of hydrogen-bond donors (Lipinski definition) is 0. The first-order valence-electron chi connectivity index (χ1n) is 27.4. The normalized spacial score (nSPS) is 12.6. The van der Waals surface area contributed by atoms with Crippen molar-refractivity contribution in [3.63, 3.8) is 0 Å². The Morgan fingerprint density at radius 2 is 0.652 bits per heavy atom. The van der Waals surface area contributed by atoms with Crippen LogP contribution in [-0.4, -0.2) is 112 Å². The van der Waals surface area contributed by atoms with Gasteiger partial charge in [-0.3, -0.25) is 28.8 Å². The van der Waals surface area contributed by atoms with Crippen molar-refractivity contribution < 1.29 is 66.7 Å².